The fourth-order valence-electron chi connectivity index (χ4n) is 3.04. The Morgan fingerprint density at radius 2 is 1.71 bits per heavy atom. The molecule has 0 aliphatic carbocycles. The molecule has 0 aromatic heterocycles. The van der Waals surface area contributed by atoms with E-state index in [1.54, 1.807) is 6.92 Å². The first kappa shape index (κ1) is 9.97. The summed E-state index contributed by atoms with van der Waals surface area (Å²) in [6.45, 7) is 8.10. The highest BCUT2D eigenvalue weighted by molar-refractivity contribution is 5.73. The van der Waals surface area contributed by atoms with E-state index < -0.39 is 0 Å². The monoisotopic (exact) mass is 196 g/mol. The molecule has 0 N–H and O–H groups in total. The second-order valence-corrected chi connectivity index (χ2v) is 4.85. The number of carbonyl (C=O) groups is 1. The van der Waals surface area contributed by atoms with Crippen LogP contribution in [0.2, 0.25) is 0 Å². The van der Waals surface area contributed by atoms with Crippen LogP contribution in [0.5, 0.6) is 0 Å². The number of nitrogens with zero attached hydrogens (tertiary/aromatic N) is 2. The molecule has 2 fully saturated rings. The first-order valence-corrected chi connectivity index (χ1v) is 5.62. The summed E-state index contributed by atoms with van der Waals surface area (Å²) < 4.78 is 0. The molecule has 2 unspecified atom stereocenters. The molecule has 2 bridgehead atoms. The minimum atomic E-state index is 0.241. The van der Waals surface area contributed by atoms with E-state index in [1.807, 2.05) is 4.90 Å². The Morgan fingerprint density at radius 1 is 1.21 bits per heavy atom. The topological polar surface area (TPSA) is 23.6 Å². The van der Waals surface area contributed by atoms with Gasteiger partial charge in [0, 0.05) is 38.1 Å². The Kier molecular flexibility index (Phi) is 2.52. The molecule has 3 heteroatoms. The van der Waals surface area contributed by atoms with Gasteiger partial charge in [-0.1, -0.05) is 0 Å². The zero-order valence-electron chi connectivity index (χ0n) is 9.36. The summed E-state index contributed by atoms with van der Waals surface area (Å²) in [7, 11) is 0. The van der Waals surface area contributed by atoms with Gasteiger partial charge < -0.3 is 4.90 Å². The highest BCUT2D eigenvalue weighted by Crippen LogP contribution is 2.31. The molecule has 80 valence electrons. The third-order valence-corrected chi connectivity index (χ3v) is 3.58. The van der Waals surface area contributed by atoms with E-state index in [4.69, 9.17) is 0 Å². The SMILES string of the molecule is CC(=O)N1CC2CCC(C1)N2C(C)C. The average Bonchev–Trinajstić information content (AvgIpc) is 2.37. The molecule has 0 aromatic rings. The van der Waals surface area contributed by atoms with Crippen LogP contribution < -0.4 is 0 Å². The van der Waals surface area contributed by atoms with Crippen molar-refractivity contribution in [2.24, 2.45) is 0 Å². The van der Waals surface area contributed by atoms with Crippen LogP contribution in [-0.2, 0) is 4.79 Å². The zero-order valence-corrected chi connectivity index (χ0v) is 9.36. The summed E-state index contributed by atoms with van der Waals surface area (Å²) in [5.41, 5.74) is 0. The molecule has 0 aromatic carbocycles. The number of piperazine rings is 1. The summed E-state index contributed by atoms with van der Waals surface area (Å²) >= 11 is 0. The first-order chi connectivity index (χ1) is 6.59. The number of fused-ring (bicyclic) bond motifs is 2. The Hall–Kier alpha value is -0.570. The van der Waals surface area contributed by atoms with E-state index in [-0.39, 0.29) is 5.91 Å². The fraction of sp³-hybridized carbons (Fsp3) is 0.909. The van der Waals surface area contributed by atoms with Gasteiger partial charge in [-0.3, -0.25) is 9.69 Å². The van der Waals surface area contributed by atoms with Crippen LogP contribution >= 0.6 is 0 Å². The van der Waals surface area contributed by atoms with Crippen molar-refractivity contribution in [1.82, 2.24) is 9.80 Å². The van der Waals surface area contributed by atoms with Crippen LogP contribution in [0.15, 0.2) is 0 Å². The second-order valence-electron chi connectivity index (χ2n) is 4.85. The highest BCUT2D eigenvalue weighted by atomic mass is 16.2. The Bertz CT molecular complexity index is 225. The van der Waals surface area contributed by atoms with Gasteiger partial charge in [0.2, 0.25) is 5.91 Å². The van der Waals surface area contributed by atoms with E-state index in [2.05, 4.69) is 18.7 Å². The van der Waals surface area contributed by atoms with Crippen LogP contribution in [0, 0.1) is 0 Å². The average molecular weight is 196 g/mol. The summed E-state index contributed by atoms with van der Waals surface area (Å²) in [6.07, 6.45) is 2.54. The number of rotatable bonds is 1. The lowest BCUT2D eigenvalue weighted by atomic mass is 10.1. The maximum absolute atomic E-state index is 11.3. The molecule has 2 rings (SSSR count). The molecular weight excluding hydrogens is 176 g/mol. The molecule has 0 saturated carbocycles. The molecule has 2 aliphatic heterocycles. The van der Waals surface area contributed by atoms with Crippen LogP contribution in [-0.4, -0.2) is 46.9 Å². The van der Waals surface area contributed by atoms with Gasteiger partial charge in [0.1, 0.15) is 0 Å². The number of likely N-dealkylation sites (tertiary alicyclic amines) is 1. The Balaban J connectivity index is 2.08. The second kappa shape index (κ2) is 3.54. The molecule has 2 aliphatic rings. The Morgan fingerprint density at radius 3 is 2.07 bits per heavy atom. The third-order valence-electron chi connectivity index (χ3n) is 3.58. The van der Waals surface area contributed by atoms with E-state index in [9.17, 15) is 4.79 Å². The first-order valence-electron chi connectivity index (χ1n) is 5.62. The van der Waals surface area contributed by atoms with Gasteiger partial charge in [0.15, 0.2) is 0 Å². The minimum Gasteiger partial charge on any atom is -0.340 e. The minimum absolute atomic E-state index is 0.241. The van der Waals surface area contributed by atoms with Gasteiger partial charge in [0.25, 0.3) is 0 Å². The van der Waals surface area contributed by atoms with Gasteiger partial charge in [-0.25, -0.2) is 0 Å². The fourth-order valence-corrected chi connectivity index (χ4v) is 3.04. The molecule has 2 atom stereocenters. The smallest absolute Gasteiger partial charge is 0.219 e. The standard InChI is InChI=1S/C11H20N2O/c1-8(2)13-10-4-5-11(13)7-12(6-10)9(3)14/h8,10-11H,4-7H2,1-3H3. The number of carbonyl (C=O) groups excluding carboxylic acids is 1. The van der Waals surface area contributed by atoms with Crippen LogP contribution in [0.3, 0.4) is 0 Å². The quantitative estimate of drug-likeness (QED) is 0.627. The number of hydrogen-bond donors (Lipinski definition) is 0. The lowest BCUT2D eigenvalue weighted by molar-refractivity contribution is -0.132. The van der Waals surface area contributed by atoms with Gasteiger partial charge in [0.05, 0.1) is 0 Å². The zero-order chi connectivity index (χ0) is 10.3. The molecule has 1 amide bonds. The Labute approximate surface area is 86.1 Å². The highest BCUT2D eigenvalue weighted by Gasteiger charge is 2.41. The van der Waals surface area contributed by atoms with Crippen LogP contribution in [0.4, 0.5) is 0 Å². The molecular formula is C11H20N2O. The maximum Gasteiger partial charge on any atom is 0.219 e. The predicted octanol–water partition coefficient (Wildman–Crippen LogP) is 1.09. The molecule has 2 saturated heterocycles. The lowest BCUT2D eigenvalue weighted by Crippen LogP contribution is -2.56. The summed E-state index contributed by atoms with van der Waals surface area (Å²) in [5, 5.41) is 0. The van der Waals surface area contributed by atoms with E-state index in [0.717, 1.165) is 13.1 Å². The maximum atomic E-state index is 11.3. The summed E-state index contributed by atoms with van der Waals surface area (Å²) in [4.78, 5) is 15.9. The van der Waals surface area contributed by atoms with Crippen molar-refractivity contribution < 1.29 is 4.79 Å². The van der Waals surface area contributed by atoms with Crippen molar-refractivity contribution in [3.8, 4) is 0 Å². The summed E-state index contributed by atoms with van der Waals surface area (Å²) in [6, 6.07) is 1.87. The van der Waals surface area contributed by atoms with E-state index in [1.165, 1.54) is 12.8 Å². The van der Waals surface area contributed by atoms with Crippen LogP contribution in [0.25, 0.3) is 0 Å². The third kappa shape index (κ3) is 1.54. The van der Waals surface area contributed by atoms with Crippen molar-refractivity contribution in [3.05, 3.63) is 0 Å². The molecule has 0 spiro atoms. The van der Waals surface area contributed by atoms with Crippen molar-refractivity contribution in [2.45, 2.75) is 51.7 Å². The van der Waals surface area contributed by atoms with Gasteiger partial charge in [-0.15, -0.1) is 0 Å². The van der Waals surface area contributed by atoms with Gasteiger partial charge >= 0.3 is 0 Å². The van der Waals surface area contributed by atoms with Gasteiger partial charge in [-0.2, -0.15) is 0 Å². The lowest BCUT2D eigenvalue weighted by Gasteiger charge is -2.43. The van der Waals surface area contributed by atoms with E-state index in [0.29, 0.717) is 18.1 Å². The molecule has 2 heterocycles. The van der Waals surface area contributed by atoms with Crippen LogP contribution in [0.1, 0.15) is 33.6 Å². The predicted molar refractivity (Wildman–Crippen MR) is 56.0 cm³/mol. The van der Waals surface area contributed by atoms with E-state index >= 15 is 0 Å². The largest absolute Gasteiger partial charge is 0.340 e. The van der Waals surface area contributed by atoms with Crippen molar-refractivity contribution in [1.29, 1.82) is 0 Å². The molecule has 0 radical (unpaired) electrons. The molecule has 3 nitrogen and oxygen atoms in total. The number of hydrogen-bond acceptors (Lipinski definition) is 2. The summed E-state index contributed by atoms with van der Waals surface area (Å²) in [5.74, 6) is 0.241. The normalized spacial score (nSPS) is 32.7. The van der Waals surface area contributed by atoms with Gasteiger partial charge in [-0.05, 0) is 26.7 Å². The molecule has 14 heavy (non-hydrogen) atoms. The van der Waals surface area contributed by atoms with Crippen molar-refractivity contribution in [3.63, 3.8) is 0 Å². The number of amides is 1. The van der Waals surface area contributed by atoms with Crippen molar-refractivity contribution in [2.75, 3.05) is 13.1 Å². The van der Waals surface area contributed by atoms with Crippen molar-refractivity contribution >= 4 is 5.91 Å².